The van der Waals surface area contributed by atoms with Gasteiger partial charge in [0.1, 0.15) is 5.25 Å². The molecule has 0 saturated carbocycles. The van der Waals surface area contributed by atoms with Crippen LogP contribution in [0.1, 0.15) is 30.2 Å². The van der Waals surface area contributed by atoms with Gasteiger partial charge < -0.3 is 14.5 Å². The Morgan fingerprint density at radius 2 is 1.77 bits per heavy atom. The number of fused-ring (bicyclic) bond motifs is 1. The van der Waals surface area contributed by atoms with Gasteiger partial charge in [0.25, 0.3) is 0 Å². The fourth-order valence-corrected chi connectivity index (χ4v) is 6.01. The van der Waals surface area contributed by atoms with Crippen LogP contribution in [-0.2, 0) is 19.1 Å². The van der Waals surface area contributed by atoms with E-state index in [0.717, 1.165) is 15.5 Å². The smallest absolute Gasteiger partial charge is 0.320 e. The highest BCUT2D eigenvalue weighted by molar-refractivity contribution is 8.00. The second-order valence-electron chi connectivity index (χ2n) is 5.66. The van der Waals surface area contributed by atoms with Gasteiger partial charge >= 0.3 is 11.9 Å². The first-order chi connectivity index (χ1) is 12.6. The van der Waals surface area contributed by atoms with Crippen LogP contribution in [0, 0.1) is 9.87 Å². The summed E-state index contributed by atoms with van der Waals surface area (Å²) in [5, 5.41) is 0.138. The Morgan fingerprint density at radius 3 is 2.42 bits per heavy atom. The molecule has 1 aromatic carbocycles. The Balaban J connectivity index is 2.15. The van der Waals surface area contributed by atoms with Gasteiger partial charge in [0, 0.05) is 10.8 Å². The predicted molar refractivity (Wildman–Crippen MR) is 104 cm³/mol. The number of nitrogens with one attached hydrogen (secondary N) is 1. The number of hydrogen-bond donors (Lipinski definition) is 1. The molecule has 5 nitrogen and oxygen atoms in total. The molecular weight excluding hydrogens is 390 g/mol. The molecule has 8 heteroatoms. The van der Waals surface area contributed by atoms with E-state index in [4.69, 9.17) is 21.7 Å². The summed E-state index contributed by atoms with van der Waals surface area (Å²) >= 11 is 8.05. The number of carbonyl (C=O) groups is 2. The molecule has 0 radical (unpaired) electrons. The van der Waals surface area contributed by atoms with Gasteiger partial charge in [-0.15, -0.1) is 11.3 Å². The number of H-pyrrole nitrogens is 1. The Labute approximate surface area is 165 Å². The Morgan fingerprint density at radius 1 is 1.12 bits per heavy atom. The van der Waals surface area contributed by atoms with E-state index in [1.165, 1.54) is 23.1 Å². The van der Waals surface area contributed by atoms with Crippen LogP contribution >= 0.6 is 35.3 Å². The number of rotatable bonds is 5. The van der Waals surface area contributed by atoms with Crippen LogP contribution in [-0.4, -0.2) is 35.4 Å². The number of hydrogen-bond acceptors (Lipinski definition) is 7. The summed E-state index contributed by atoms with van der Waals surface area (Å²) in [5.41, 5.74) is 0.951. The summed E-state index contributed by atoms with van der Waals surface area (Å²) < 4.78 is 11.2. The molecule has 1 aliphatic heterocycles. The topological polar surface area (TPSA) is 68.4 Å². The van der Waals surface area contributed by atoms with Crippen molar-refractivity contribution in [3.8, 4) is 0 Å². The Kier molecular flexibility index (Phi) is 6.16. The van der Waals surface area contributed by atoms with E-state index in [9.17, 15) is 9.59 Å². The number of aromatic amines is 1. The zero-order chi connectivity index (χ0) is 18.7. The third-order valence-corrected chi connectivity index (χ3v) is 6.83. The van der Waals surface area contributed by atoms with Gasteiger partial charge in [-0.1, -0.05) is 42.1 Å². The lowest BCUT2D eigenvalue weighted by atomic mass is 9.82. The van der Waals surface area contributed by atoms with Crippen LogP contribution in [0.4, 0.5) is 0 Å². The van der Waals surface area contributed by atoms with Gasteiger partial charge in [-0.3, -0.25) is 9.59 Å². The highest BCUT2D eigenvalue weighted by Crippen LogP contribution is 2.50. The standard InChI is InChI=1S/C18H19NO4S3/c1-3-22-16(20)12-11(10-8-6-5-7-9-10)13-15(19-18(24)26-13)25-14(12)17(21)23-4-2/h5-9,11-12,14H,3-4H2,1-2H3,(H,19,24). The van der Waals surface area contributed by atoms with E-state index in [-0.39, 0.29) is 19.1 Å². The van der Waals surface area contributed by atoms with Crippen molar-refractivity contribution < 1.29 is 19.1 Å². The van der Waals surface area contributed by atoms with Crippen molar-refractivity contribution in [2.75, 3.05) is 13.2 Å². The van der Waals surface area contributed by atoms with Gasteiger partial charge in [0.2, 0.25) is 0 Å². The summed E-state index contributed by atoms with van der Waals surface area (Å²) in [6.07, 6.45) is 0. The van der Waals surface area contributed by atoms with Crippen LogP contribution < -0.4 is 0 Å². The van der Waals surface area contributed by atoms with Crippen molar-refractivity contribution in [2.24, 2.45) is 5.92 Å². The molecule has 2 heterocycles. The lowest BCUT2D eigenvalue weighted by Crippen LogP contribution is -2.41. The van der Waals surface area contributed by atoms with Crippen LogP contribution in [0.2, 0.25) is 0 Å². The van der Waals surface area contributed by atoms with Crippen molar-refractivity contribution in [2.45, 2.75) is 30.0 Å². The van der Waals surface area contributed by atoms with Gasteiger partial charge in [-0.25, -0.2) is 0 Å². The zero-order valence-electron chi connectivity index (χ0n) is 14.4. The summed E-state index contributed by atoms with van der Waals surface area (Å²) in [6, 6.07) is 9.68. The van der Waals surface area contributed by atoms with E-state index in [0.29, 0.717) is 3.95 Å². The third kappa shape index (κ3) is 3.72. The normalized spacial score (nSPS) is 21.7. The molecule has 3 atom stereocenters. The number of esters is 2. The fraction of sp³-hybridized carbons (Fsp3) is 0.389. The quantitative estimate of drug-likeness (QED) is 0.591. The SMILES string of the molecule is CCOC(=O)C1Sc2[nH]c(=S)sc2C(c2ccccc2)C1C(=O)OCC. The first-order valence-electron chi connectivity index (χ1n) is 8.34. The summed E-state index contributed by atoms with van der Waals surface area (Å²) in [5.74, 6) is -1.78. The van der Waals surface area contributed by atoms with E-state index in [1.54, 1.807) is 13.8 Å². The second kappa shape index (κ2) is 8.37. The molecule has 0 fully saturated rings. The largest absolute Gasteiger partial charge is 0.466 e. The van der Waals surface area contributed by atoms with Crippen LogP contribution in [0.5, 0.6) is 0 Å². The van der Waals surface area contributed by atoms with Crippen LogP contribution in [0.3, 0.4) is 0 Å². The molecule has 0 saturated heterocycles. The number of thioether (sulfide) groups is 1. The average molecular weight is 410 g/mol. The van der Waals surface area contributed by atoms with E-state index in [1.807, 2.05) is 30.3 Å². The average Bonchev–Trinajstić information content (AvgIpc) is 3.01. The minimum Gasteiger partial charge on any atom is -0.466 e. The van der Waals surface area contributed by atoms with Crippen LogP contribution in [0.15, 0.2) is 35.4 Å². The summed E-state index contributed by atoms with van der Waals surface area (Å²) in [7, 11) is 0. The maximum atomic E-state index is 12.8. The number of benzene rings is 1. The highest BCUT2D eigenvalue weighted by atomic mass is 32.2. The number of ether oxygens (including phenoxy) is 2. The predicted octanol–water partition coefficient (Wildman–Crippen LogP) is 4.15. The molecule has 0 bridgehead atoms. The van der Waals surface area contributed by atoms with Gasteiger partial charge in [-0.05, 0) is 31.6 Å². The van der Waals surface area contributed by atoms with Crippen molar-refractivity contribution >= 4 is 47.3 Å². The second-order valence-corrected chi connectivity index (χ2v) is 8.54. The molecule has 138 valence electrons. The summed E-state index contributed by atoms with van der Waals surface area (Å²) in [6.45, 7) is 4.03. The lowest BCUT2D eigenvalue weighted by Gasteiger charge is -2.34. The maximum Gasteiger partial charge on any atom is 0.320 e. The molecule has 3 rings (SSSR count). The molecule has 1 N–H and O–H groups in total. The maximum absolute atomic E-state index is 12.8. The van der Waals surface area contributed by atoms with Crippen molar-refractivity contribution in [3.05, 3.63) is 44.7 Å². The van der Waals surface area contributed by atoms with Crippen molar-refractivity contribution in [1.29, 1.82) is 0 Å². The molecule has 3 unspecified atom stereocenters. The molecule has 1 aliphatic rings. The first kappa shape index (κ1) is 19.1. The zero-order valence-corrected chi connectivity index (χ0v) is 16.8. The number of thiazole rings is 1. The van der Waals surface area contributed by atoms with Crippen molar-refractivity contribution in [3.63, 3.8) is 0 Å². The van der Waals surface area contributed by atoms with Gasteiger partial charge in [0.15, 0.2) is 3.95 Å². The molecule has 0 amide bonds. The third-order valence-electron chi connectivity index (χ3n) is 4.09. The minimum atomic E-state index is -0.688. The lowest BCUT2D eigenvalue weighted by molar-refractivity contribution is -0.154. The van der Waals surface area contributed by atoms with E-state index < -0.39 is 23.1 Å². The Bertz CT molecular complexity index is 846. The highest BCUT2D eigenvalue weighted by Gasteiger charge is 2.48. The molecule has 1 aromatic heterocycles. The first-order valence-corrected chi connectivity index (χ1v) is 10.4. The molecule has 0 spiro atoms. The fourth-order valence-electron chi connectivity index (χ4n) is 3.09. The minimum absolute atomic E-state index is 0.257. The molecular formula is C18H19NO4S3. The van der Waals surface area contributed by atoms with E-state index in [2.05, 4.69) is 4.98 Å². The Hall–Kier alpha value is -1.64. The molecule has 2 aromatic rings. The molecule has 26 heavy (non-hydrogen) atoms. The summed E-state index contributed by atoms with van der Waals surface area (Å²) in [4.78, 5) is 29.6. The van der Waals surface area contributed by atoms with Crippen molar-refractivity contribution in [1.82, 2.24) is 4.98 Å². The number of aromatic nitrogens is 1. The van der Waals surface area contributed by atoms with Gasteiger partial charge in [0.05, 0.1) is 24.2 Å². The number of carbonyl (C=O) groups excluding carboxylic acids is 2. The van der Waals surface area contributed by atoms with E-state index >= 15 is 0 Å². The van der Waals surface area contributed by atoms with Gasteiger partial charge in [-0.2, -0.15) is 0 Å². The molecule has 0 aliphatic carbocycles. The monoisotopic (exact) mass is 409 g/mol. The van der Waals surface area contributed by atoms with Crippen LogP contribution in [0.25, 0.3) is 0 Å².